The summed E-state index contributed by atoms with van der Waals surface area (Å²) in [6.07, 6.45) is 1.46. The molecule has 1 aromatic heterocycles. The zero-order valence-corrected chi connectivity index (χ0v) is 15.0. The molecule has 0 atom stereocenters. The fourth-order valence-corrected chi connectivity index (χ4v) is 2.49. The van der Waals surface area contributed by atoms with Gasteiger partial charge in [0.25, 0.3) is 0 Å². The van der Waals surface area contributed by atoms with E-state index in [0.717, 1.165) is 16.9 Å². The number of ether oxygens (including phenoxy) is 1. The molecule has 26 heavy (non-hydrogen) atoms. The van der Waals surface area contributed by atoms with Crippen LogP contribution in [0.3, 0.4) is 0 Å². The molecule has 0 aliphatic rings. The van der Waals surface area contributed by atoms with Crippen LogP contribution >= 0.6 is 11.6 Å². The van der Waals surface area contributed by atoms with E-state index in [-0.39, 0.29) is 0 Å². The Morgan fingerprint density at radius 2 is 1.73 bits per heavy atom. The molecule has 130 valence electrons. The summed E-state index contributed by atoms with van der Waals surface area (Å²) >= 11 is 6.14. The fraction of sp³-hybridized carbons (Fsp3) is 0.105. The number of nitrogens with one attached hydrogen (secondary N) is 2. The second kappa shape index (κ2) is 7.72. The van der Waals surface area contributed by atoms with Crippen LogP contribution in [0.1, 0.15) is 11.1 Å². The van der Waals surface area contributed by atoms with Gasteiger partial charge in [-0.15, -0.1) is 0 Å². The van der Waals surface area contributed by atoms with Gasteiger partial charge in [-0.2, -0.15) is 5.26 Å². The molecule has 2 N–H and O–H groups in total. The van der Waals surface area contributed by atoms with Gasteiger partial charge in [-0.25, -0.2) is 9.97 Å². The quantitative estimate of drug-likeness (QED) is 0.675. The normalized spacial score (nSPS) is 10.1. The van der Waals surface area contributed by atoms with Crippen molar-refractivity contribution in [3.8, 4) is 11.8 Å². The predicted octanol–water partition coefficient (Wildman–Crippen LogP) is 4.81. The number of nitriles is 1. The van der Waals surface area contributed by atoms with Crippen LogP contribution in [0.25, 0.3) is 0 Å². The minimum atomic E-state index is 0.603. The molecule has 3 aromatic rings. The molecule has 0 amide bonds. The largest absolute Gasteiger partial charge is 0.495 e. The molecule has 0 fully saturated rings. The van der Waals surface area contributed by atoms with Crippen molar-refractivity contribution < 1.29 is 4.74 Å². The van der Waals surface area contributed by atoms with E-state index >= 15 is 0 Å². The van der Waals surface area contributed by atoms with E-state index in [4.69, 9.17) is 21.6 Å². The topological polar surface area (TPSA) is 82.9 Å². The van der Waals surface area contributed by atoms with Crippen LogP contribution in [0.15, 0.2) is 48.8 Å². The van der Waals surface area contributed by atoms with Gasteiger partial charge < -0.3 is 15.4 Å². The lowest BCUT2D eigenvalue weighted by molar-refractivity contribution is 0.416. The van der Waals surface area contributed by atoms with Crippen molar-refractivity contribution in [2.24, 2.45) is 0 Å². The third kappa shape index (κ3) is 4.02. The van der Waals surface area contributed by atoms with E-state index in [1.165, 1.54) is 6.33 Å². The number of rotatable bonds is 5. The van der Waals surface area contributed by atoms with Gasteiger partial charge in [-0.1, -0.05) is 11.6 Å². The Morgan fingerprint density at radius 1 is 1.04 bits per heavy atom. The second-order valence-electron chi connectivity index (χ2n) is 5.53. The lowest BCUT2D eigenvalue weighted by Gasteiger charge is -2.13. The van der Waals surface area contributed by atoms with Crippen molar-refractivity contribution in [3.63, 3.8) is 0 Å². The monoisotopic (exact) mass is 365 g/mol. The molecule has 0 aliphatic carbocycles. The molecule has 2 aromatic carbocycles. The molecule has 0 spiro atoms. The molecule has 7 heteroatoms. The summed E-state index contributed by atoms with van der Waals surface area (Å²) in [7, 11) is 1.59. The highest BCUT2D eigenvalue weighted by Gasteiger charge is 2.09. The molecule has 6 nitrogen and oxygen atoms in total. The SMILES string of the molecule is COc1cc(Cl)c(C)cc1Nc1cc(Nc2ccc(C#N)cc2)ncn1. The molecule has 1 heterocycles. The number of aromatic nitrogens is 2. The first-order valence-electron chi connectivity index (χ1n) is 7.79. The van der Waals surface area contributed by atoms with E-state index < -0.39 is 0 Å². The van der Waals surface area contributed by atoms with Gasteiger partial charge in [0, 0.05) is 22.8 Å². The van der Waals surface area contributed by atoms with E-state index in [2.05, 4.69) is 26.7 Å². The van der Waals surface area contributed by atoms with E-state index in [1.54, 1.807) is 31.4 Å². The van der Waals surface area contributed by atoms with Crippen LogP contribution in [0.5, 0.6) is 5.75 Å². The standard InChI is InChI=1S/C19H16ClN5O/c1-12-7-16(17(26-2)8-15(12)20)25-19-9-18(22-11-23-19)24-14-5-3-13(10-21)4-6-14/h3-9,11H,1-2H3,(H2,22,23,24,25). The number of methoxy groups -OCH3 is 1. The summed E-state index contributed by atoms with van der Waals surface area (Å²) in [5.74, 6) is 1.86. The first-order chi connectivity index (χ1) is 12.6. The third-order valence-electron chi connectivity index (χ3n) is 3.70. The number of halogens is 1. The Hall–Kier alpha value is -3.30. The molecule has 0 unspecified atom stereocenters. The fourth-order valence-electron chi connectivity index (χ4n) is 2.34. The van der Waals surface area contributed by atoms with Crippen molar-refractivity contribution in [3.05, 3.63) is 64.9 Å². The summed E-state index contributed by atoms with van der Waals surface area (Å²) < 4.78 is 5.37. The average molecular weight is 366 g/mol. The maximum absolute atomic E-state index is 8.86. The highest BCUT2D eigenvalue weighted by atomic mass is 35.5. The van der Waals surface area contributed by atoms with E-state index in [1.807, 2.05) is 25.1 Å². The van der Waals surface area contributed by atoms with Gasteiger partial charge in [0.2, 0.25) is 0 Å². The van der Waals surface area contributed by atoms with Gasteiger partial charge in [0.05, 0.1) is 24.4 Å². The van der Waals surface area contributed by atoms with Gasteiger partial charge in [0.15, 0.2) is 0 Å². The van der Waals surface area contributed by atoms with Crippen molar-refractivity contribution in [1.82, 2.24) is 9.97 Å². The van der Waals surface area contributed by atoms with Crippen LogP contribution in [0, 0.1) is 18.3 Å². The van der Waals surface area contributed by atoms with Crippen molar-refractivity contribution in [2.75, 3.05) is 17.7 Å². The smallest absolute Gasteiger partial charge is 0.143 e. The number of aryl methyl sites for hydroxylation is 1. The van der Waals surface area contributed by atoms with E-state index in [0.29, 0.717) is 28.0 Å². The first kappa shape index (κ1) is 17.5. The highest BCUT2D eigenvalue weighted by molar-refractivity contribution is 6.31. The molecule has 0 aliphatic heterocycles. The number of hydrogen-bond acceptors (Lipinski definition) is 6. The Morgan fingerprint density at radius 3 is 2.38 bits per heavy atom. The molecular formula is C19H16ClN5O. The zero-order valence-electron chi connectivity index (χ0n) is 14.2. The summed E-state index contributed by atoms with van der Waals surface area (Å²) in [6, 6.07) is 14.6. The van der Waals surface area contributed by atoms with Gasteiger partial charge in [-0.05, 0) is 42.8 Å². The Labute approximate surface area is 156 Å². The zero-order chi connectivity index (χ0) is 18.5. The molecule has 0 bridgehead atoms. The van der Waals surface area contributed by atoms with Crippen molar-refractivity contribution in [1.29, 1.82) is 5.26 Å². The number of anilines is 4. The Kier molecular flexibility index (Phi) is 5.20. The number of nitrogens with zero attached hydrogens (tertiary/aromatic N) is 3. The van der Waals surface area contributed by atoms with Crippen LogP contribution in [-0.4, -0.2) is 17.1 Å². The molecule has 0 radical (unpaired) electrons. The van der Waals surface area contributed by atoms with Gasteiger partial charge >= 0.3 is 0 Å². The second-order valence-corrected chi connectivity index (χ2v) is 5.94. The molecular weight excluding hydrogens is 350 g/mol. The number of benzene rings is 2. The lowest BCUT2D eigenvalue weighted by Crippen LogP contribution is -2.00. The summed E-state index contributed by atoms with van der Waals surface area (Å²) in [5.41, 5.74) is 3.12. The van der Waals surface area contributed by atoms with Gasteiger partial charge in [-0.3, -0.25) is 0 Å². The maximum atomic E-state index is 8.86. The van der Waals surface area contributed by atoms with Crippen LogP contribution in [-0.2, 0) is 0 Å². The summed E-state index contributed by atoms with van der Waals surface area (Å²) in [5, 5.41) is 15.9. The minimum Gasteiger partial charge on any atom is -0.495 e. The predicted molar refractivity (Wildman–Crippen MR) is 102 cm³/mol. The molecule has 0 saturated heterocycles. The first-order valence-corrected chi connectivity index (χ1v) is 8.17. The van der Waals surface area contributed by atoms with Crippen LogP contribution in [0.4, 0.5) is 23.0 Å². The summed E-state index contributed by atoms with van der Waals surface area (Å²) in [4.78, 5) is 8.45. The molecule has 0 saturated carbocycles. The van der Waals surface area contributed by atoms with Crippen molar-refractivity contribution >= 4 is 34.6 Å². The van der Waals surface area contributed by atoms with Crippen molar-refractivity contribution in [2.45, 2.75) is 6.92 Å². The maximum Gasteiger partial charge on any atom is 0.143 e. The highest BCUT2D eigenvalue weighted by Crippen LogP contribution is 2.33. The van der Waals surface area contributed by atoms with Gasteiger partial charge in [0.1, 0.15) is 23.7 Å². The summed E-state index contributed by atoms with van der Waals surface area (Å²) in [6.45, 7) is 1.92. The molecule has 3 rings (SSSR count). The minimum absolute atomic E-state index is 0.603. The number of hydrogen-bond donors (Lipinski definition) is 2. The lowest BCUT2D eigenvalue weighted by atomic mass is 10.2. The Balaban J connectivity index is 1.81. The van der Waals surface area contributed by atoms with Crippen LogP contribution < -0.4 is 15.4 Å². The Bertz CT molecular complexity index is 967. The third-order valence-corrected chi connectivity index (χ3v) is 4.10. The van der Waals surface area contributed by atoms with Crippen LogP contribution in [0.2, 0.25) is 5.02 Å². The van der Waals surface area contributed by atoms with E-state index in [9.17, 15) is 0 Å². The average Bonchev–Trinajstić information content (AvgIpc) is 2.65.